The van der Waals surface area contributed by atoms with Gasteiger partial charge in [0.05, 0.1) is 14.2 Å². The van der Waals surface area contributed by atoms with E-state index in [-0.39, 0.29) is 11.7 Å². The first-order chi connectivity index (χ1) is 32.0. The van der Waals surface area contributed by atoms with E-state index in [0.717, 1.165) is 50.3 Å². The van der Waals surface area contributed by atoms with Gasteiger partial charge in [0.15, 0.2) is 11.3 Å². The van der Waals surface area contributed by atoms with Crippen molar-refractivity contribution in [1.29, 1.82) is 0 Å². The van der Waals surface area contributed by atoms with Crippen LogP contribution in [0.2, 0.25) is 0 Å². The summed E-state index contributed by atoms with van der Waals surface area (Å²) >= 11 is 0. The number of benzene rings is 6. The van der Waals surface area contributed by atoms with Crippen LogP contribution in [-0.2, 0) is 25.2 Å². The monoisotopic (exact) mass is 894 g/mol. The zero-order valence-corrected chi connectivity index (χ0v) is 41.0. The molecule has 0 spiro atoms. The van der Waals surface area contributed by atoms with Crippen LogP contribution in [0, 0.1) is 13.8 Å². The minimum Gasteiger partial charge on any atom is -0.437 e. The van der Waals surface area contributed by atoms with Gasteiger partial charge in [-0.15, -0.1) is 0 Å². The Balaban J connectivity index is 0.000000305. The first kappa shape index (κ1) is 53.1. The smallest absolute Gasteiger partial charge is 0.437 e. The van der Waals surface area contributed by atoms with Gasteiger partial charge in [-0.05, 0) is 78.6 Å². The van der Waals surface area contributed by atoms with Crippen LogP contribution in [0.1, 0.15) is 105 Å². The number of hydrogen-bond donors (Lipinski definition) is 0. The third-order valence-corrected chi connectivity index (χ3v) is 10.9. The number of ether oxygens (including phenoxy) is 4. The fourth-order valence-electron chi connectivity index (χ4n) is 8.00. The molecule has 0 radical (unpaired) electrons. The van der Waals surface area contributed by atoms with Gasteiger partial charge in [-0.25, -0.2) is 9.59 Å². The zero-order valence-electron chi connectivity index (χ0n) is 41.0. The SMILES string of the molecule is CC.CC.CC.CC.COC(=O)Oc1ccc(C2(c3ccc(C)cc3)C(=O)N(C)c3ccccc32)cc1.COC(=O)Oc1ccc(C2(c3ccc(C)cc3)C(=O)c3ccccc3N2C)cc1. The van der Waals surface area contributed by atoms with Crippen LogP contribution in [0.15, 0.2) is 146 Å². The highest BCUT2D eigenvalue weighted by atomic mass is 16.7. The topological polar surface area (TPSA) is 112 Å². The Labute approximate surface area is 392 Å². The van der Waals surface area contributed by atoms with E-state index in [1.54, 1.807) is 36.2 Å². The molecule has 2 aliphatic heterocycles. The van der Waals surface area contributed by atoms with Crippen molar-refractivity contribution < 1.29 is 38.1 Å². The van der Waals surface area contributed by atoms with Gasteiger partial charge in [0.1, 0.15) is 16.9 Å². The predicted octanol–water partition coefficient (Wildman–Crippen LogP) is 13.3. The minimum atomic E-state index is -0.999. The Morgan fingerprint density at radius 3 is 1.26 bits per heavy atom. The summed E-state index contributed by atoms with van der Waals surface area (Å²) in [5, 5.41) is 0. The summed E-state index contributed by atoms with van der Waals surface area (Å²) in [7, 11) is 6.24. The number of aryl methyl sites for hydroxylation is 2. The van der Waals surface area contributed by atoms with Gasteiger partial charge in [0, 0.05) is 36.6 Å². The Morgan fingerprint density at radius 1 is 0.470 bits per heavy atom. The number of carbonyl (C=O) groups excluding carboxylic acids is 4. The number of Topliss-reactive ketones (excluding diaryl/α,β-unsaturated/α-hetero) is 1. The summed E-state index contributed by atoms with van der Waals surface area (Å²) in [6.45, 7) is 20.0. The number of nitrogens with zero attached hydrogens (tertiary/aromatic N) is 2. The molecule has 0 aromatic heterocycles. The zero-order chi connectivity index (χ0) is 49.2. The molecule has 2 heterocycles. The Kier molecular flexibility index (Phi) is 19.9. The number of likely N-dealkylation sites (N-methyl/N-ethyl adjacent to an activating group) is 2. The number of fused-ring (bicyclic) bond motifs is 2. The molecule has 0 saturated heterocycles. The van der Waals surface area contributed by atoms with Gasteiger partial charge in [0.25, 0.3) is 0 Å². The average molecular weight is 895 g/mol. The number of amides is 1. The molecule has 6 aromatic rings. The van der Waals surface area contributed by atoms with Crippen LogP contribution < -0.4 is 19.3 Å². The highest BCUT2D eigenvalue weighted by Gasteiger charge is 2.53. The molecular formula is C56H66N2O8. The Bertz CT molecular complexity index is 2500. The lowest BCUT2D eigenvalue weighted by Crippen LogP contribution is -2.46. The number of para-hydroxylation sites is 2. The molecule has 0 bridgehead atoms. The molecule has 8 rings (SSSR count). The normalized spacial score (nSPS) is 16.0. The van der Waals surface area contributed by atoms with E-state index in [1.165, 1.54) is 14.2 Å². The second-order valence-corrected chi connectivity index (χ2v) is 14.1. The summed E-state index contributed by atoms with van der Waals surface area (Å²) in [5.41, 5.74) is 7.03. The summed E-state index contributed by atoms with van der Waals surface area (Å²) < 4.78 is 19.3. The van der Waals surface area contributed by atoms with E-state index >= 15 is 0 Å². The molecular weight excluding hydrogens is 829 g/mol. The molecule has 2 atom stereocenters. The van der Waals surface area contributed by atoms with Crippen molar-refractivity contribution in [2.24, 2.45) is 0 Å². The van der Waals surface area contributed by atoms with Crippen molar-refractivity contribution in [2.75, 3.05) is 38.1 Å². The molecule has 2 unspecified atom stereocenters. The van der Waals surface area contributed by atoms with Crippen molar-refractivity contribution in [2.45, 2.75) is 80.2 Å². The first-order valence-electron chi connectivity index (χ1n) is 22.6. The highest BCUT2D eigenvalue weighted by molar-refractivity contribution is 6.16. The lowest BCUT2D eigenvalue weighted by Gasteiger charge is -2.37. The summed E-state index contributed by atoms with van der Waals surface area (Å²) in [6.07, 6.45) is -1.57. The fraction of sp³-hybridized carbons (Fsp3) is 0.286. The first-order valence-corrected chi connectivity index (χ1v) is 22.6. The van der Waals surface area contributed by atoms with Crippen molar-refractivity contribution in [1.82, 2.24) is 0 Å². The standard InChI is InChI=1S/2C24H21NO4.4C2H6/c1-16-8-10-17(11-9-16)24(18-12-14-19(15-13-18)29-23(27)28-3)20-6-4-5-7-21(20)25(2)22(24)26;1-16-8-10-17(11-9-16)24(18-12-14-19(15-13-18)29-23(27)28-3)22(26)20-6-4-5-7-21(20)25(24)2;4*1-2/h2*4-15H,1-3H3;4*1-2H3. The van der Waals surface area contributed by atoms with Crippen LogP contribution in [-0.4, -0.2) is 52.3 Å². The maximum Gasteiger partial charge on any atom is 0.513 e. The van der Waals surface area contributed by atoms with Crippen LogP contribution in [0.4, 0.5) is 21.0 Å². The van der Waals surface area contributed by atoms with Crippen LogP contribution in [0.3, 0.4) is 0 Å². The van der Waals surface area contributed by atoms with E-state index in [2.05, 4.69) is 9.47 Å². The third kappa shape index (κ3) is 10.3. The minimum absolute atomic E-state index is 0.0149. The van der Waals surface area contributed by atoms with Gasteiger partial charge in [-0.3, -0.25) is 9.59 Å². The molecule has 6 aromatic carbocycles. The number of hydrogen-bond acceptors (Lipinski definition) is 9. The van der Waals surface area contributed by atoms with E-state index in [4.69, 9.17) is 9.47 Å². The average Bonchev–Trinajstić information content (AvgIpc) is 3.74. The van der Waals surface area contributed by atoms with Gasteiger partial charge in [-0.1, -0.05) is 170 Å². The molecule has 2 aliphatic rings. The van der Waals surface area contributed by atoms with E-state index < -0.39 is 23.3 Å². The number of ketones is 1. The molecule has 0 N–H and O–H groups in total. The van der Waals surface area contributed by atoms with Crippen molar-refractivity contribution in [3.05, 3.63) is 190 Å². The van der Waals surface area contributed by atoms with Gasteiger partial charge >= 0.3 is 12.3 Å². The molecule has 1 amide bonds. The highest BCUT2D eigenvalue weighted by Crippen LogP contribution is 2.51. The predicted molar refractivity (Wildman–Crippen MR) is 266 cm³/mol. The molecule has 66 heavy (non-hydrogen) atoms. The third-order valence-electron chi connectivity index (χ3n) is 10.9. The van der Waals surface area contributed by atoms with Crippen LogP contribution in [0.5, 0.6) is 11.5 Å². The summed E-state index contributed by atoms with van der Waals surface area (Å²) in [4.78, 5) is 54.0. The summed E-state index contributed by atoms with van der Waals surface area (Å²) in [5.74, 6) is 0.697. The maximum absolute atomic E-state index is 13.8. The molecule has 0 fully saturated rings. The van der Waals surface area contributed by atoms with Crippen molar-refractivity contribution >= 4 is 35.4 Å². The second-order valence-electron chi connectivity index (χ2n) is 14.1. The van der Waals surface area contributed by atoms with Gasteiger partial charge < -0.3 is 28.7 Å². The number of methoxy groups -OCH3 is 2. The molecule has 10 nitrogen and oxygen atoms in total. The van der Waals surface area contributed by atoms with E-state index in [1.807, 2.05) is 203 Å². The molecule has 348 valence electrons. The van der Waals surface area contributed by atoms with E-state index in [0.29, 0.717) is 17.1 Å². The van der Waals surface area contributed by atoms with Crippen molar-refractivity contribution in [3.8, 4) is 11.5 Å². The second kappa shape index (κ2) is 24.8. The number of rotatable bonds is 6. The van der Waals surface area contributed by atoms with Gasteiger partial charge in [-0.2, -0.15) is 0 Å². The van der Waals surface area contributed by atoms with Gasteiger partial charge in [0.2, 0.25) is 5.91 Å². The number of anilines is 2. The molecule has 0 aliphatic carbocycles. The number of carbonyl (C=O) groups is 4. The Morgan fingerprint density at radius 2 is 0.833 bits per heavy atom. The molecule has 10 heteroatoms. The lowest BCUT2D eigenvalue weighted by molar-refractivity contribution is -0.120. The lowest BCUT2D eigenvalue weighted by atomic mass is 9.70. The summed E-state index contributed by atoms with van der Waals surface area (Å²) in [6, 6.07) is 45.5. The fourth-order valence-corrected chi connectivity index (χ4v) is 8.00. The Hall–Kier alpha value is -7.20. The largest absolute Gasteiger partial charge is 0.513 e. The van der Waals surface area contributed by atoms with Crippen LogP contribution in [0.25, 0.3) is 0 Å². The van der Waals surface area contributed by atoms with Crippen LogP contribution >= 0.6 is 0 Å². The maximum atomic E-state index is 13.8. The quantitative estimate of drug-likeness (QED) is 0.119. The molecule has 0 saturated carbocycles. The van der Waals surface area contributed by atoms with E-state index in [9.17, 15) is 19.2 Å². The van der Waals surface area contributed by atoms with Crippen molar-refractivity contribution in [3.63, 3.8) is 0 Å².